The molecule has 1 rings (SSSR count). The predicted octanol–water partition coefficient (Wildman–Crippen LogP) is 2.15. The Bertz CT molecular complexity index is 253. The van der Waals surface area contributed by atoms with Crippen LogP contribution in [0.1, 0.15) is 19.7 Å². The van der Waals surface area contributed by atoms with Crippen molar-refractivity contribution in [3.05, 3.63) is 18.2 Å². The van der Waals surface area contributed by atoms with Crippen molar-refractivity contribution >= 4 is 12.6 Å². The minimum absolute atomic E-state index is 0.245. The molecule has 0 saturated carbocycles. The van der Waals surface area contributed by atoms with E-state index in [1.165, 1.54) is 0 Å². The van der Waals surface area contributed by atoms with Crippen molar-refractivity contribution in [2.24, 2.45) is 5.41 Å². The lowest BCUT2D eigenvalue weighted by Crippen LogP contribution is -2.21. The molecule has 1 heterocycles. The summed E-state index contributed by atoms with van der Waals surface area (Å²) >= 11 is 4.31. The molecule has 1 aromatic heterocycles. The summed E-state index contributed by atoms with van der Waals surface area (Å²) < 4.78 is 2.16. The van der Waals surface area contributed by atoms with Gasteiger partial charge in [0, 0.05) is 18.9 Å². The Morgan fingerprint density at radius 2 is 2.25 bits per heavy atom. The summed E-state index contributed by atoms with van der Waals surface area (Å²) in [5, 5.41) is 0. The molecule has 0 unspecified atom stereocenters. The van der Waals surface area contributed by atoms with E-state index >= 15 is 0 Å². The van der Waals surface area contributed by atoms with Crippen molar-refractivity contribution in [2.75, 3.05) is 5.75 Å². The summed E-state index contributed by atoms with van der Waals surface area (Å²) in [6.07, 6.45) is 3.85. The molecule has 0 fully saturated rings. The molecule has 0 aromatic carbocycles. The zero-order valence-electron chi connectivity index (χ0n) is 7.91. The number of rotatable bonds is 3. The average Bonchev–Trinajstić information content (AvgIpc) is 2.36. The molecule has 12 heavy (non-hydrogen) atoms. The first-order valence-corrected chi connectivity index (χ1v) is 4.77. The van der Waals surface area contributed by atoms with Crippen LogP contribution < -0.4 is 0 Å². The van der Waals surface area contributed by atoms with Gasteiger partial charge < -0.3 is 4.57 Å². The Labute approximate surface area is 79.4 Å². The first-order valence-electron chi connectivity index (χ1n) is 4.14. The van der Waals surface area contributed by atoms with Crippen LogP contribution in [-0.4, -0.2) is 15.3 Å². The van der Waals surface area contributed by atoms with Gasteiger partial charge >= 0.3 is 0 Å². The number of thiol groups is 1. The average molecular weight is 184 g/mol. The van der Waals surface area contributed by atoms with Gasteiger partial charge in [0.05, 0.1) is 0 Å². The van der Waals surface area contributed by atoms with Gasteiger partial charge in [-0.25, -0.2) is 4.98 Å². The molecule has 0 aliphatic heterocycles. The van der Waals surface area contributed by atoms with E-state index in [1.54, 1.807) is 0 Å². The monoisotopic (exact) mass is 184 g/mol. The van der Waals surface area contributed by atoms with E-state index in [0.29, 0.717) is 0 Å². The zero-order valence-corrected chi connectivity index (χ0v) is 8.80. The van der Waals surface area contributed by atoms with Crippen molar-refractivity contribution < 1.29 is 0 Å². The fraction of sp³-hybridized carbons (Fsp3) is 0.667. The largest absolute Gasteiger partial charge is 0.335 e. The van der Waals surface area contributed by atoms with Crippen LogP contribution in [0.2, 0.25) is 0 Å². The van der Waals surface area contributed by atoms with Crippen LogP contribution in [0.5, 0.6) is 0 Å². The summed E-state index contributed by atoms with van der Waals surface area (Å²) in [5.74, 6) is 1.97. The molecular formula is C9H16N2S. The minimum atomic E-state index is 0.245. The van der Waals surface area contributed by atoms with Gasteiger partial charge in [-0.15, -0.1) is 0 Å². The molecule has 0 radical (unpaired) electrons. The third-order valence-corrected chi connectivity index (χ3v) is 2.81. The Balaban J connectivity index is 2.70. The molecule has 0 N–H and O–H groups in total. The van der Waals surface area contributed by atoms with E-state index in [2.05, 4.69) is 36.0 Å². The molecule has 1 aromatic rings. The number of aromatic nitrogens is 2. The third-order valence-electron chi connectivity index (χ3n) is 1.95. The Hall–Kier alpha value is -0.440. The zero-order chi connectivity index (χ0) is 9.19. The van der Waals surface area contributed by atoms with Crippen LogP contribution in [0.15, 0.2) is 12.4 Å². The highest BCUT2D eigenvalue weighted by Crippen LogP contribution is 2.19. The van der Waals surface area contributed by atoms with Crippen LogP contribution >= 0.6 is 12.6 Å². The van der Waals surface area contributed by atoms with Gasteiger partial charge in [0.25, 0.3) is 0 Å². The van der Waals surface area contributed by atoms with E-state index in [9.17, 15) is 0 Å². The quantitative estimate of drug-likeness (QED) is 0.713. The molecule has 0 atom stereocenters. The smallest absolute Gasteiger partial charge is 0.105 e. The maximum Gasteiger partial charge on any atom is 0.105 e. The summed E-state index contributed by atoms with van der Waals surface area (Å²) in [5.41, 5.74) is 0.245. The van der Waals surface area contributed by atoms with E-state index in [0.717, 1.165) is 18.1 Å². The van der Waals surface area contributed by atoms with E-state index in [4.69, 9.17) is 0 Å². The first-order chi connectivity index (χ1) is 5.55. The van der Waals surface area contributed by atoms with Crippen LogP contribution in [0.25, 0.3) is 0 Å². The van der Waals surface area contributed by atoms with Gasteiger partial charge in [0.1, 0.15) is 5.82 Å². The number of nitrogens with zero attached hydrogens (tertiary/aromatic N) is 2. The van der Waals surface area contributed by atoms with E-state index in [-0.39, 0.29) is 5.41 Å². The number of hydrogen-bond donors (Lipinski definition) is 1. The summed E-state index contributed by atoms with van der Waals surface area (Å²) in [6, 6.07) is 0. The molecule has 0 aliphatic carbocycles. The SMILES string of the molecule is Cc1nccn1CC(C)(C)CS. The fourth-order valence-electron chi connectivity index (χ4n) is 1.08. The highest BCUT2D eigenvalue weighted by Gasteiger charge is 2.16. The first kappa shape index (κ1) is 9.65. The molecular weight excluding hydrogens is 168 g/mol. The lowest BCUT2D eigenvalue weighted by molar-refractivity contribution is 0.349. The third kappa shape index (κ3) is 2.27. The lowest BCUT2D eigenvalue weighted by atomic mass is 9.96. The highest BCUT2D eigenvalue weighted by molar-refractivity contribution is 7.80. The molecule has 2 nitrogen and oxygen atoms in total. The second-order valence-corrected chi connectivity index (χ2v) is 4.24. The van der Waals surface area contributed by atoms with Crippen LogP contribution in [-0.2, 0) is 6.54 Å². The van der Waals surface area contributed by atoms with Crippen LogP contribution in [0, 0.1) is 12.3 Å². The molecule has 0 bridgehead atoms. The van der Waals surface area contributed by atoms with Gasteiger partial charge in [-0.1, -0.05) is 13.8 Å². The second kappa shape index (κ2) is 3.52. The summed E-state index contributed by atoms with van der Waals surface area (Å²) in [4.78, 5) is 4.17. The van der Waals surface area contributed by atoms with E-state index < -0.39 is 0 Å². The molecule has 0 spiro atoms. The van der Waals surface area contributed by atoms with Gasteiger partial charge in [-0.3, -0.25) is 0 Å². The Morgan fingerprint density at radius 1 is 1.58 bits per heavy atom. The van der Waals surface area contributed by atoms with Gasteiger partial charge in [-0.05, 0) is 18.1 Å². The minimum Gasteiger partial charge on any atom is -0.335 e. The molecule has 68 valence electrons. The van der Waals surface area contributed by atoms with Gasteiger partial charge in [-0.2, -0.15) is 12.6 Å². The number of aryl methyl sites for hydroxylation is 1. The van der Waals surface area contributed by atoms with Crippen molar-refractivity contribution in [1.82, 2.24) is 9.55 Å². The van der Waals surface area contributed by atoms with Gasteiger partial charge in [0.15, 0.2) is 0 Å². The summed E-state index contributed by atoms with van der Waals surface area (Å²) in [7, 11) is 0. The maximum atomic E-state index is 4.31. The Morgan fingerprint density at radius 3 is 2.67 bits per heavy atom. The topological polar surface area (TPSA) is 17.8 Å². The van der Waals surface area contributed by atoms with Crippen molar-refractivity contribution in [1.29, 1.82) is 0 Å². The lowest BCUT2D eigenvalue weighted by Gasteiger charge is -2.23. The van der Waals surface area contributed by atoms with Crippen molar-refractivity contribution in [3.63, 3.8) is 0 Å². The van der Waals surface area contributed by atoms with Gasteiger partial charge in [0.2, 0.25) is 0 Å². The standard InChI is InChI=1S/C9H16N2S/c1-8-10-4-5-11(8)6-9(2,3)7-12/h4-5,12H,6-7H2,1-3H3. The second-order valence-electron chi connectivity index (χ2n) is 3.92. The predicted molar refractivity (Wildman–Crippen MR) is 54.6 cm³/mol. The summed E-state index contributed by atoms with van der Waals surface area (Å²) in [6.45, 7) is 7.43. The highest BCUT2D eigenvalue weighted by atomic mass is 32.1. The molecule has 3 heteroatoms. The fourth-order valence-corrected chi connectivity index (χ4v) is 1.18. The number of imidazole rings is 1. The maximum absolute atomic E-state index is 4.31. The van der Waals surface area contributed by atoms with E-state index in [1.807, 2.05) is 19.3 Å². The number of hydrogen-bond acceptors (Lipinski definition) is 2. The van der Waals surface area contributed by atoms with Crippen molar-refractivity contribution in [2.45, 2.75) is 27.3 Å². The van der Waals surface area contributed by atoms with Crippen LogP contribution in [0.4, 0.5) is 0 Å². The Kier molecular flexibility index (Phi) is 2.83. The molecule has 0 saturated heterocycles. The van der Waals surface area contributed by atoms with Crippen molar-refractivity contribution in [3.8, 4) is 0 Å². The molecule has 0 aliphatic rings. The van der Waals surface area contributed by atoms with Crippen LogP contribution in [0.3, 0.4) is 0 Å². The normalized spacial score (nSPS) is 12.0. The molecule has 0 amide bonds.